The minimum absolute atomic E-state index is 0.132. The van der Waals surface area contributed by atoms with E-state index in [0.29, 0.717) is 0 Å². The van der Waals surface area contributed by atoms with Gasteiger partial charge in [0.2, 0.25) is 12.4 Å². The zero-order valence-electron chi connectivity index (χ0n) is 8.55. The van der Waals surface area contributed by atoms with Crippen LogP contribution in [-0.4, -0.2) is 20.3 Å². The first-order chi connectivity index (χ1) is 7.53. The fourth-order valence-electron chi connectivity index (χ4n) is 1.23. The van der Waals surface area contributed by atoms with Gasteiger partial charge in [-0.1, -0.05) is 25.1 Å². The molecule has 0 aliphatic rings. The lowest BCUT2D eigenvalue weighted by Gasteiger charge is -2.08. The van der Waals surface area contributed by atoms with Gasteiger partial charge in [-0.05, 0) is 6.07 Å². The Morgan fingerprint density at radius 2 is 2.06 bits per heavy atom. The highest BCUT2D eigenvalue weighted by Gasteiger charge is 2.21. The van der Waals surface area contributed by atoms with Crippen molar-refractivity contribution in [2.75, 3.05) is 5.75 Å². The van der Waals surface area contributed by atoms with Crippen molar-refractivity contribution in [2.45, 2.75) is 18.1 Å². The maximum atomic E-state index is 13.4. The van der Waals surface area contributed by atoms with Gasteiger partial charge in [0, 0.05) is 5.56 Å². The number of alkyl halides is 1. The summed E-state index contributed by atoms with van der Waals surface area (Å²) in [5.41, 5.74) is -0.132. The van der Waals surface area contributed by atoms with Crippen molar-refractivity contribution in [3.8, 4) is 0 Å². The summed E-state index contributed by atoms with van der Waals surface area (Å²) < 4.78 is 36.6. The highest BCUT2D eigenvalue weighted by molar-refractivity contribution is 7.91. The summed E-state index contributed by atoms with van der Waals surface area (Å²) >= 11 is 0. The van der Waals surface area contributed by atoms with Crippen molar-refractivity contribution in [2.24, 2.45) is 4.99 Å². The van der Waals surface area contributed by atoms with Gasteiger partial charge in [0.1, 0.15) is 0 Å². The van der Waals surface area contributed by atoms with E-state index < -0.39 is 16.1 Å². The maximum absolute atomic E-state index is 13.4. The van der Waals surface area contributed by atoms with Crippen LogP contribution in [0.3, 0.4) is 0 Å². The van der Waals surface area contributed by atoms with Gasteiger partial charge in [-0.3, -0.25) is 0 Å². The molecule has 0 aliphatic heterocycles. The molecule has 0 saturated heterocycles. The van der Waals surface area contributed by atoms with Gasteiger partial charge in [0.25, 0.3) is 0 Å². The molecule has 0 bridgehead atoms. The molecule has 0 aromatic heterocycles. The van der Waals surface area contributed by atoms with Gasteiger partial charge in [-0.25, -0.2) is 17.6 Å². The number of benzene rings is 1. The number of isocyanates is 1. The van der Waals surface area contributed by atoms with Gasteiger partial charge in [-0.2, -0.15) is 4.99 Å². The van der Waals surface area contributed by atoms with E-state index in [9.17, 15) is 17.6 Å². The third kappa shape index (κ3) is 2.53. The molecule has 1 rings (SSSR count). The molecule has 16 heavy (non-hydrogen) atoms. The lowest BCUT2D eigenvalue weighted by atomic mass is 10.2. The van der Waals surface area contributed by atoms with Crippen molar-refractivity contribution < 1.29 is 17.6 Å². The van der Waals surface area contributed by atoms with Crippen LogP contribution in [0.5, 0.6) is 0 Å². The fourth-order valence-corrected chi connectivity index (χ4v) is 2.35. The van der Waals surface area contributed by atoms with E-state index in [1.165, 1.54) is 31.2 Å². The first-order valence-electron chi connectivity index (χ1n) is 4.55. The van der Waals surface area contributed by atoms with Gasteiger partial charge < -0.3 is 0 Å². The largest absolute Gasteiger partial charge is 0.238 e. The number of sulfone groups is 1. The van der Waals surface area contributed by atoms with Crippen LogP contribution < -0.4 is 0 Å². The molecule has 1 aromatic carbocycles. The summed E-state index contributed by atoms with van der Waals surface area (Å²) in [6, 6.07) is 5.55. The number of hydrogen-bond acceptors (Lipinski definition) is 4. The summed E-state index contributed by atoms with van der Waals surface area (Å²) in [5.74, 6) is -0.137. The number of carbonyl (C=O) groups excluding carboxylic acids is 1. The van der Waals surface area contributed by atoms with Gasteiger partial charge in [0.15, 0.2) is 9.84 Å². The average Bonchev–Trinajstić information content (AvgIpc) is 2.29. The van der Waals surface area contributed by atoms with E-state index in [1.807, 2.05) is 0 Å². The van der Waals surface area contributed by atoms with Gasteiger partial charge >= 0.3 is 0 Å². The monoisotopic (exact) mass is 243 g/mol. The Balaban J connectivity index is 3.36. The number of nitrogens with zero attached hydrogens (tertiary/aromatic N) is 1. The molecule has 0 spiro atoms. The summed E-state index contributed by atoms with van der Waals surface area (Å²) in [6.07, 6.45) is -0.923. The predicted octanol–water partition coefficient (Wildman–Crippen LogP) is 1.78. The van der Waals surface area contributed by atoms with Crippen LogP contribution in [0.4, 0.5) is 4.39 Å². The maximum Gasteiger partial charge on any atom is 0.238 e. The summed E-state index contributed by atoms with van der Waals surface area (Å²) in [4.78, 5) is 12.7. The Morgan fingerprint density at radius 1 is 1.44 bits per heavy atom. The lowest BCUT2D eigenvalue weighted by Crippen LogP contribution is -2.07. The molecule has 0 amide bonds. The van der Waals surface area contributed by atoms with Crippen molar-refractivity contribution in [1.29, 1.82) is 0 Å². The molecule has 1 unspecified atom stereocenters. The topological polar surface area (TPSA) is 63.6 Å². The fraction of sp³-hybridized carbons (Fsp3) is 0.300. The van der Waals surface area contributed by atoms with Crippen molar-refractivity contribution in [3.63, 3.8) is 0 Å². The smallest absolute Gasteiger partial charge is 0.224 e. The number of hydrogen-bond donors (Lipinski definition) is 0. The standard InChI is InChI=1S/C10H10FNO3S/c1-2-16(14,15)9-6-4-3-5-8(9)10(11)12-7-13/h3-6,10H,2H2,1H3. The quantitative estimate of drug-likeness (QED) is 0.460. The zero-order chi connectivity index (χ0) is 12.2. The Morgan fingerprint density at radius 3 is 2.62 bits per heavy atom. The SMILES string of the molecule is CCS(=O)(=O)c1ccccc1C(F)N=C=O. The zero-order valence-corrected chi connectivity index (χ0v) is 9.37. The molecule has 0 N–H and O–H groups in total. The highest BCUT2D eigenvalue weighted by Crippen LogP contribution is 2.26. The average molecular weight is 243 g/mol. The summed E-state index contributed by atoms with van der Waals surface area (Å²) in [7, 11) is -3.52. The molecule has 0 aliphatic carbocycles. The number of rotatable bonds is 4. The highest BCUT2D eigenvalue weighted by atomic mass is 32.2. The van der Waals surface area contributed by atoms with Crippen molar-refractivity contribution >= 4 is 15.9 Å². The predicted molar refractivity (Wildman–Crippen MR) is 56.1 cm³/mol. The number of halogens is 1. The Labute approximate surface area is 92.7 Å². The third-order valence-corrected chi connectivity index (χ3v) is 3.86. The normalized spacial score (nSPS) is 12.9. The molecule has 0 radical (unpaired) electrons. The first-order valence-corrected chi connectivity index (χ1v) is 6.21. The second-order valence-electron chi connectivity index (χ2n) is 3.00. The Hall–Kier alpha value is -1.52. The second kappa shape index (κ2) is 5.01. The van der Waals surface area contributed by atoms with Crippen LogP contribution in [0, 0.1) is 0 Å². The molecule has 4 nitrogen and oxygen atoms in total. The number of aliphatic imine (C=N–C) groups is 1. The Bertz CT molecular complexity index is 521. The summed E-state index contributed by atoms with van der Waals surface area (Å²) in [6.45, 7) is 1.46. The lowest BCUT2D eigenvalue weighted by molar-refractivity contribution is 0.351. The molecular formula is C10H10FNO3S. The van der Waals surface area contributed by atoms with Crippen LogP contribution in [0.25, 0.3) is 0 Å². The van der Waals surface area contributed by atoms with Gasteiger partial charge in [0.05, 0.1) is 10.6 Å². The second-order valence-corrected chi connectivity index (χ2v) is 5.24. The van der Waals surface area contributed by atoms with Crippen LogP contribution in [0.1, 0.15) is 18.8 Å². The molecule has 0 heterocycles. The van der Waals surface area contributed by atoms with E-state index >= 15 is 0 Å². The van der Waals surface area contributed by atoms with E-state index in [4.69, 9.17) is 0 Å². The summed E-state index contributed by atoms with van der Waals surface area (Å²) in [5, 5.41) is 0. The molecular weight excluding hydrogens is 233 g/mol. The van der Waals surface area contributed by atoms with E-state index in [-0.39, 0.29) is 16.2 Å². The Kier molecular flexibility index (Phi) is 3.93. The van der Waals surface area contributed by atoms with E-state index in [2.05, 4.69) is 4.99 Å². The van der Waals surface area contributed by atoms with E-state index in [1.54, 1.807) is 0 Å². The molecule has 1 atom stereocenters. The molecule has 6 heteroatoms. The van der Waals surface area contributed by atoms with Crippen molar-refractivity contribution in [1.82, 2.24) is 0 Å². The molecule has 1 aromatic rings. The third-order valence-electron chi connectivity index (χ3n) is 2.06. The van der Waals surface area contributed by atoms with Crippen molar-refractivity contribution in [3.05, 3.63) is 29.8 Å². The van der Waals surface area contributed by atoms with Crippen LogP contribution in [-0.2, 0) is 14.6 Å². The van der Waals surface area contributed by atoms with Crippen LogP contribution in [0.2, 0.25) is 0 Å². The minimum atomic E-state index is -3.52. The van der Waals surface area contributed by atoms with Gasteiger partial charge in [-0.15, -0.1) is 0 Å². The molecule has 0 saturated carbocycles. The first kappa shape index (κ1) is 12.5. The minimum Gasteiger partial charge on any atom is -0.224 e. The van der Waals surface area contributed by atoms with Crippen LogP contribution in [0.15, 0.2) is 34.2 Å². The van der Waals surface area contributed by atoms with Crippen LogP contribution >= 0.6 is 0 Å². The molecule has 0 fully saturated rings. The van der Waals surface area contributed by atoms with E-state index in [0.717, 1.165) is 6.08 Å². The molecule has 86 valence electrons.